The number of amides is 1. The van der Waals surface area contributed by atoms with Crippen LogP contribution in [0.25, 0.3) is 11.3 Å². The van der Waals surface area contributed by atoms with Crippen molar-refractivity contribution in [2.24, 2.45) is 5.41 Å². The summed E-state index contributed by atoms with van der Waals surface area (Å²) in [6, 6.07) is 1.64. The molecule has 6 nitrogen and oxygen atoms in total. The molecule has 0 aromatic carbocycles. The number of H-pyrrole nitrogens is 1. The summed E-state index contributed by atoms with van der Waals surface area (Å²) >= 11 is 13.3. The Morgan fingerprint density at radius 3 is 2.78 bits per heavy atom. The Morgan fingerprint density at radius 2 is 2.17 bits per heavy atom. The second-order valence-electron chi connectivity index (χ2n) is 5.50. The molecule has 2 aromatic rings. The number of halogens is 2. The molecule has 0 bridgehead atoms. The van der Waals surface area contributed by atoms with Gasteiger partial charge in [-0.1, -0.05) is 0 Å². The van der Waals surface area contributed by atoms with E-state index < -0.39 is 15.7 Å². The third-order valence-electron chi connectivity index (χ3n) is 3.87. The molecule has 1 amide bonds. The molecule has 0 spiro atoms. The van der Waals surface area contributed by atoms with Crippen LogP contribution in [-0.4, -0.2) is 33.3 Å². The summed E-state index contributed by atoms with van der Waals surface area (Å²) in [5.74, 6) is -0.713. The van der Waals surface area contributed by atoms with Crippen molar-refractivity contribution < 1.29 is 14.3 Å². The minimum atomic E-state index is -1.02. The number of thiazole rings is 1. The summed E-state index contributed by atoms with van der Waals surface area (Å²) in [5.41, 5.74) is 0.902. The van der Waals surface area contributed by atoms with Gasteiger partial charge in [-0.2, -0.15) is 0 Å². The van der Waals surface area contributed by atoms with Crippen molar-refractivity contribution in [1.29, 1.82) is 0 Å². The third kappa shape index (κ3) is 2.84. The van der Waals surface area contributed by atoms with Crippen molar-refractivity contribution in [2.75, 3.05) is 12.4 Å². The predicted molar refractivity (Wildman–Crippen MR) is 89.0 cm³/mol. The van der Waals surface area contributed by atoms with Gasteiger partial charge in [-0.05, 0) is 19.4 Å². The third-order valence-corrected chi connectivity index (χ3v) is 5.73. The van der Waals surface area contributed by atoms with Crippen LogP contribution in [-0.2, 0) is 9.53 Å². The first-order valence-electron chi connectivity index (χ1n) is 6.69. The molecule has 2 N–H and O–H groups in total. The molecule has 0 saturated heterocycles. The Balaban J connectivity index is 1.73. The summed E-state index contributed by atoms with van der Waals surface area (Å²) in [6.07, 6.45) is 2.06. The monoisotopic (exact) mass is 373 g/mol. The van der Waals surface area contributed by atoms with E-state index in [2.05, 4.69) is 20.0 Å². The highest BCUT2D eigenvalue weighted by atomic mass is 35.5. The molecule has 2 heterocycles. The van der Waals surface area contributed by atoms with E-state index in [9.17, 15) is 9.59 Å². The van der Waals surface area contributed by atoms with E-state index in [-0.39, 0.29) is 5.91 Å². The number of esters is 1. The maximum Gasteiger partial charge on any atom is 0.354 e. The number of methoxy groups -OCH3 is 1. The molecule has 1 saturated carbocycles. The van der Waals surface area contributed by atoms with Crippen LogP contribution < -0.4 is 5.32 Å². The fraction of sp³-hybridized carbons (Fsp3) is 0.357. The number of nitrogens with one attached hydrogen (secondary N) is 2. The number of alkyl halides is 2. The van der Waals surface area contributed by atoms with E-state index in [0.717, 1.165) is 5.56 Å². The summed E-state index contributed by atoms with van der Waals surface area (Å²) in [7, 11) is 1.31. The highest BCUT2D eigenvalue weighted by molar-refractivity contribution is 7.14. The first kappa shape index (κ1) is 16.3. The second-order valence-corrected chi connectivity index (χ2v) is 7.84. The van der Waals surface area contributed by atoms with E-state index >= 15 is 0 Å². The number of hydrogen-bond donors (Lipinski definition) is 2. The molecule has 0 radical (unpaired) electrons. The lowest BCUT2D eigenvalue weighted by Crippen LogP contribution is -2.25. The Kier molecular flexibility index (Phi) is 3.90. The van der Waals surface area contributed by atoms with Crippen molar-refractivity contribution in [3.8, 4) is 11.3 Å². The van der Waals surface area contributed by atoms with Crippen LogP contribution in [0.5, 0.6) is 0 Å². The molecule has 1 atom stereocenters. The van der Waals surface area contributed by atoms with Crippen molar-refractivity contribution in [3.63, 3.8) is 0 Å². The van der Waals surface area contributed by atoms with Crippen LogP contribution in [0, 0.1) is 5.41 Å². The Bertz CT molecular complexity index is 786. The zero-order valence-corrected chi connectivity index (χ0v) is 14.6. The number of ether oxygens (including phenoxy) is 1. The average Bonchev–Trinajstić information content (AvgIpc) is 2.95. The van der Waals surface area contributed by atoms with Crippen LogP contribution in [0.1, 0.15) is 23.8 Å². The lowest BCUT2D eigenvalue weighted by atomic mass is 10.1. The van der Waals surface area contributed by atoms with Crippen molar-refractivity contribution >= 4 is 51.5 Å². The maximum atomic E-state index is 12.2. The normalized spacial score (nSPS) is 21.7. The number of rotatable bonds is 4. The van der Waals surface area contributed by atoms with Crippen molar-refractivity contribution in [2.45, 2.75) is 17.7 Å². The smallest absolute Gasteiger partial charge is 0.354 e. The van der Waals surface area contributed by atoms with Gasteiger partial charge < -0.3 is 15.0 Å². The molecular weight excluding hydrogens is 361 g/mol. The minimum Gasteiger partial charge on any atom is -0.464 e. The summed E-state index contributed by atoms with van der Waals surface area (Å²) < 4.78 is 3.62. The molecule has 122 valence electrons. The van der Waals surface area contributed by atoms with E-state index in [4.69, 9.17) is 23.2 Å². The number of aromatic nitrogens is 2. The Morgan fingerprint density at radius 1 is 1.48 bits per heavy atom. The van der Waals surface area contributed by atoms with Crippen LogP contribution in [0.15, 0.2) is 17.6 Å². The molecule has 9 heteroatoms. The topological polar surface area (TPSA) is 84.1 Å². The quantitative estimate of drug-likeness (QED) is 0.634. The number of nitrogens with zero attached hydrogens (tertiary/aromatic N) is 1. The molecular formula is C14H13Cl2N3O3S. The molecule has 1 aliphatic carbocycles. The molecule has 1 fully saturated rings. The first-order valence-corrected chi connectivity index (χ1v) is 8.32. The summed E-state index contributed by atoms with van der Waals surface area (Å²) in [6.45, 7) is 1.71. The molecule has 3 rings (SSSR count). The summed E-state index contributed by atoms with van der Waals surface area (Å²) in [5, 5.41) is 4.96. The Hall–Kier alpha value is -1.57. The number of carbonyl (C=O) groups excluding carboxylic acids is 2. The van der Waals surface area contributed by atoms with Gasteiger partial charge in [0.2, 0.25) is 5.91 Å². The van der Waals surface area contributed by atoms with Crippen LogP contribution in [0.4, 0.5) is 5.13 Å². The van der Waals surface area contributed by atoms with E-state index in [1.54, 1.807) is 24.6 Å². The Labute approximate surface area is 146 Å². The lowest BCUT2D eigenvalue weighted by molar-refractivity contribution is -0.120. The van der Waals surface area contributed by atoms with Crippen LogP contribution in [0.3, 0.4) is 0 Å². The van der Waals surface area contributed by atoms with Gasteiger partial charge in [0, 0.05) is 17.1 Å². The van der Waals surface area contributed by atoms with E-state index in [1.807, 2.05) is 0 Å². The van der Waals surface area contributed by atoms with Gasteiger partial charge in [0.1, 0.15) is 10.0 Å². The number of aromatic amines is 1. The van der Waals surface area contributed by atoms with Crippen molar-refractivity contribution in [3.05, 3.63) is 23.3 Å². The fourth-order valence-corrected chi connectivity index (χ4v) is 3.54. The summed E-state index contributed by atoms with van der Waals surface area (Å²) in [4.78, 5) is 30.8. The largest absolute Gasteiger partial charge is 0.464 e. The van der Waals surface area contributed by atoms with E-state index in [1.165, 1.54) is 18.4 Å². The van der Waals surface area contributed by atoms with Gasteiger partial charge in [-0.3, -0.25) is 4.79 Å². The van der Waals surface area contributed by atoms with Gasteiger partial charge in [0.05, 0.1) is 18.2 Å². The van der Waals surface area contributed by atoms with Crippen LogP contribution >= 0.6 is 34.5 Å². The molecule has 23 heavy (non-hydrogen) atoms. The zero-order chi connectivity index (χ0) is 16.8. The SMILES string of the molecule is COC(=O)c1cc(-c2csc(NC(=O)C3(C)CC3(Cl)Cl)n2)c[nH]1. The molecule has 1 aliphatic rings. The standard InChI is InChI=1S/C14H13Cl2N3O3S/c1-13(6-14(13,15)16)11(21)19-12-18-9(5-23-12)7-3-8(17-4-7)10(20)22-2/h3-5,17H,6H2,1-2H3,(H,18,19,21). The maximum absolute atomic E-state index is 12.2. The number of hydrogen-bond acceptors (Lipinski definition) is 5. The highest BCUT2D eigenvalue weighted by Crippen LogP contribution is 2.64. The second kappa shape index (κ2) is 5.51. The highest BCUT2D eigenvalue weighted by Gasteiger charge is 2.68. The van der Waals surface area contributed by atoms with Gasteiger partial charge >= 0.3 is 5.97 Å². The van der Waals surface area contributed by atoms with Crippen LogP contribution in [0.2, 0.25) is 0 Å². The molecule has 1 unspecified atom stereocenters. The molecule has 2 aromatic heterocycles. The van der Waals surface area contributed by atoms with Gasteiger partial charge in [0.25, 0.3) is 0 Å². The predicted octanol–water partition coefficient (Wildman–Crippen LogP) is 3.45. The van der Waals surface area contributed by atoms with E-state index in [0.29, 0.717) is 22.9 Å². The fourth-order valence-electron chi connectivity index (χ4n) is 2.12. The average molecular weight is 374 g/mol. The molecule has 0 aliphatic heterocycles. The number of anilines is 1. The van der Waals surface area contributed by atoms with Gasteiger partial charge in [0.15, 0.2) is 5.13 Å². The minimum absolute atomic E-state index is 0.257. The van der Waals surface area contributed by atoms with Crippen molar-refractivity contribution in [1.82, 2.24) is 9.97 Å². The first-order chi connectivity index (χ1) is 10.8. The lowest BCUT2D eigenvalue weighted by Gasteiger charge is -2.10. The zero-order valence-electron chi connectivity index (χ0n) is 12.3. The van der Waals surface area contributed by atoms with Gasteiger partial charge in [-0.15, -0.1) is 34.5 Å². The number of carbonyl (C=O) groups is 2. The van der Waals surface area contributed by atoms with Gasteiger partial charge in [-0.25, -0.2) is 9.78 Å².